The van der Waals surface area contributed by atoms with Crippen molar-refractivity contribution in [2.24, 2.45) is 0 Å². The van der Waals surface area contributed by atoms with E-state index in [1.54, 1.807) is 7.11 Å². The molecule has 0 bridgehead atoms. The SMILES string of the molecule is CO[C@@H]1CC(c2ncc[nH]2)N(Cc2ccc(C(C)C)nc2C)C1. The van der Waals surface area contributed by atoms with E-state index in [0.717, 1.165) is 36.7 Å². The van der Waals surface area contributed by atoms with Gasteiger partial charge in [0.25, 0.3) is 0 Å². The molecular formula is C18H26N4O. The summed E-state index contributed by atoms with van der Waals surface area (Å²) >= 11 is 0. The van der Waals surface area contributed by atoms with Crippen molar-refractivity contribution in [1.29, 1.82) is 0 Å². The van der Waals surface area contributed by atoms with E-state index in [4.69, 9.17) is 9.72 Å². The second-order valence-corrected chi connectivity index (χ2v) is 6.65. The first-order chi connectivity index (χ1) is 11.1. The van der Waals surface area contributed by atoms with Gasteiger partial charge in [-0.3, -0.25) is 9.88 Å². The van der Waals surface area contributed by atoms with Crippen molar-refractivity contribution in [3.05, 3.63) is 47.3 Å². The summed E-state index contributed by atoms with van der Waals surface area (Å²) in [6.45, 7) is 8.26. The molecule has 5 nitrogen and oxygen atoms in total. The number of aromatic nitrogens is 3. The van der Waals surface area contributed by atoms with Crippen LogP contribution in [-0.2, 0) is 11.3 Å². The van der Waals surface area contributed by atoms with E-state index in [2.05, 4.69) is 47.8 Å². The summed E-state index contributed by atoms with van der Waals surface area (Å²) in [7, 11) is 1.79. The van der Waals surface area contributed by atoms with Crippen LogP contribution in [0.3, 0.4) is 0 Å². The number of aromatic amines is 1. The number of methoxy groups -OCH3 is 1. The molecular weight excluding hydrogens is 288 g/mol. The molecule has 23 heavy (non-hydrogen) atoms. The van der Waals surface area contributed by atoms with Gasteiger partial charge in [-0.15, -0.1) is 0 Å². The number of imidazole rings is 1. The Hall–Kier alpha value is -1.72. The van der Waals surface area contributed by atoms with Crippen molar-refractivity contribution in [1.82, 2.24) is 19.9 Å². The summed E-state index contributed by atoms with van der Waals surface area (Å²) < 4.78 is 5.59. The molecule has 1 unspecified atom stereocenters. The number of nitrogens with zero attached hydrogens (tertiary/aromatic N) is 3. The van der Waals surface area contributed by atoms with E-state index in [1.165, 1.54) is 5.56 Å². The van der Waals surface area contributed by atoms with Gasteiger partial charge in [-0.25, -0.2) is 4.98 Å². The Morgan fingerprint density at radius 3 is 2.83 bits per heavy atom. The standard InChI is InChI=1S/C18H26N4O/c1-12(2)16-6-5-14(13(3)21-16)10-22-11-15(23-4)9-17(22)18-19-7-8-20-18/h5-8,12,15,17H,9-11H2,1-4H3,(H,19,20)/t15-,17?/m1/s1. The zero-order chi connectivity index (χ0) is 16.4. The van der Waals surface area contributed by atoms with E-state index in [-0.39, 0.29) is 12.1 Å². The molecule has 3 heterocycles. The third-order valence-corrected chi connectivity index (χ3v) is 4.72. The lowest BCUT2D eigenvalue weighted by molar-refractivity contribution is 0.107. The minimum Gasteiger partial charge on any atom is -0.380 e. The molecule has 1 saturated heterocycles. The van der Waals surface area contributed by atoms with Crippen molar-refractivity contribution in [2.75, 3.05) is 13.7 Å². The number of hydrogen-bond donors (Lipinski definition) is 1. The van der Waals surface area contributed by atoms with Gasteiger partial charge < -0.3 is 9.72 Å². The van der Waals surface area contributed by atoms with E-state index < -0.39 is 0 Å². The normalized spacial score (nSPS) is 22.1. The molecule has 0 spiro atoms. The monoisotopic (exact) mass is 314 g/mol. The average molecular weight is 314 g/mol. The maximum absolute atomic E-state index is 5.59. The summed E-state index contributed by atoms with van der Waals surface area (Å²) in [4.78, 5) is 14.9. The van der Waals surface area contributed by atoms with Gasteiger partial charge in [0.15, 0.2) is 0 Å². The fourth-order valence-electron chi connectivity index (χ4n) is 3.27. The van der Waals surface area contributed by atoms with Crippen molar-refractivity contribution in [2.45, 2.75) is 51.8 Å². The molecule has 0 aliphatic carbocycles. The lowest BCUT2D eigenvalue weighted by Crippen LogP contribution is -2.26. The molecule has 124 valence electrons. The highest BCUT2D eigenvalue weighted by atomic mass is 16.5. The maximum Gasteiger partial charge on any atom is 0.123 e. The molecule has 0 saturated carbocycles. The molecule has 1 aliphatic heterocycles. The van der Waals surface area contributed by atoms with Crippen molar-refractivity contribution < 1.29 is 4.74 Å². The first kappa shape index (κ1) is 16.1. The summed E-state index contributed by atoms with van der Waals surface area (Å²) in [5.41, 5.74) is 3.56. The molecule has 3 rings (SSSR count). The fraction of sp³-hybridized carbons (Fsp3) is 0.556. The Kier molecular flexibility index (Phi) is 4.78. The zero-order valence-electron chi connectivity index (χ0n) is 14.4. The topological polar surface area (TPSA) is 54.0 Å². The Morgan fingerprint density at radius 2 is 2.22 bits per heavy atom. The highest BCUT2D eigenvalue weighted by Crippen LogP contribution is 2.33. The summed E-state index contributed by atoms with van der Waals surface area (Å²) in [6.07, 6.45) is 4.93. The van der Waals surface area contributed by atoms with Crippen LogP contribution >= 0.6 is 0 Å². The van der Waals surface area contributed by atoms with Crippen LogP contribution in [0.25, 0.3) is 0 Å². The van der Waals surface area contributed by atoms with Crippen LogP contribution in [0.1, 0.15) is 55.0 Å². The van der Waals surface area contributed by atoms with Crippen LogP contribution in [-0.4, -0.2) is 39.6 Å². The summed E-state index contributed by atoms with van der Waals surface area (Å²) in [5.74, 6) is 1.48. The molecule has 2 aromatic heterocycles. The van der Waals surface area contributed by atoms with Gasteiger partial charge in [0.05, 0.1) is 12.1 Å². The van der Waals surface area contributed by atoms with Gasteiger partial charge in [0.1, 0.15) is 5.82 Å². The second kappa shape index (κ2) is 6.81. The Morgan fingerprint density at radius 1 is 1.39 bits per heavy atom. The molecule has 1 aliphatic rings. The minimum absolute atomic E-state index is 0.258. The van der Waals surface area contributed by atoms with Gasteiger partial charge in [-0.2, -0.15) is 0 Å². The van der Waals surface area contributed by atoms with E-state index in [0.29, 0.717) is 5.92 Å². The van der Waals surface area contributed by atoms with Gasteiger partial charge in [-0.05, 0) is 30.9 Å². The van der Waals surface area contributed by atoms with Crippen LogP contribution in [0.4, 0.5) is 0 Å². The zero-order valence-corrected chi connectivity index (χ0v) is 14.4. The Bertz CT molecular complexity index is 638. The van der Waals surface area contributed by atoms with Crippen LogP contribution in [0.15, 0.2) is 24.5 Å². The van der Waals surface area contributed by atoms with Crippen LogP contribution in [0.5, 0.6) is 0 Å². The molecule has 0 radical (unpaired) electrons. The van der Waals surface area contributed by atoms with Crippen LogP contribution < -0.4 is 0 Å². The molecule has 5 heteroatoms. The quantitative estimate of drug-likeness (QED) is 0.921. The van der Waals surface area contributed by atoms with Gasteiger partial charge in [-0.1, -0.05) is 19.9 Å². The highest BCUT2D eigenvalue weighted by Gasteiger charge is 2.34. The van der Waals surface area contributed by atoms with Crippen molar-refractivity contribution >= 4 is 0 Å². The van der Waals surface area contributed by atoms with Crippen molar-refractivity contribution in [3.63, 3.8) is 0 Å². The van der Waals surface area contributed by atoms with Crippen molar-refractivity contribution in [3.8, 4) is 0 Å². The fourth-order valence-corrected chi connectivity index (χ4v) is 3.27. The number of likely N-dealkylation sites (tertiary alicyclic amines) is 1. The first-order valence-corrected chi connectivity index (χ1v) is 8.31. The van der Waals surface area contributed by atoms with Gasteiger partial charge in [0, 0.05) is 44.0 Å². The number of pyridine rings is 1. The average Bonchev–Trinajstić information content (AvgIpc) is 3.18. The van der Waals surface area contributed by atoms with Gasteiger partial charge >= 0.3 is 0 Å². The smallest absolute Gasteiger partial charge is 0.123 e. The first-order valence-electron chi connectivity index (χ1n) is 8.31. The lowest BCUT2D eigenvalue weighted by atomic mass is 10.1. The molecule has 2 atom stereocenters. The molecule has 0 aromatic carbocycles. The number of rotatable bonds is 5. The summed E-state index contributed by atoms with van der Waals surface area (Å²) in [6, 6.07) is 4.65. The molecule has 1 N–H and O–H groups in total. The predicted molar refractivity (Wildman–Crippen MR) is 90.2 cm³/mol. The Labute approximate surface area is 138 Å². The third kappa shape index (κ3) is 3.46. The largest absolute Gasteiger partial charge is 0.380 e. The summed E-state index contributed by atoms with van der Waals surface area (Å²) in [5, 5.41) is 0. The molecule has 1 fully saturated rings. The maximum atomic E-state index is 5.59. The number of nitrogens with one attached hydrogen (secondary N) is 1. The lowest BCUT2D eigenvalue weighted by Gasteiger charge is -2.23. The van der Waals surface area contributed by atoms with E-state index in [1.807, 2.05) is 12.4 Å². The van der Waals surface area contributed by atoms with E-state index >= 15 is 0 Å². The predicted octanol–water partition coefficient (Wildman–Crippen LogP) is 3.20. The van der Waals surface area contributed by atoms with Crippen LogP contribution in [0, 0.1) is 6.92 Å². The van der Waals surface area contributed by atoms with Crippen LogP contribution in [0.2, 0.25) is 0 Å². The number of ether oxygens (including phenoxy) is 1. The number of hydrogen-bond acceptors (Lipinski definition) is 4. The Balaban J connectivity index is 1.80. The molecule has 2 aromatic rings. The highest BCUT2D eigenvalue weighted by molar-refractivity contribution is 5.24. The van der Waals surface area contributed by atoms with E-state index in [9.17, 15) is 0 Å². The third-order valence-electron chi connectivity index (χ3n) is 4.72. The second-order valence-electron chi connectivity index (χ2n) is 6.65. The van der Waals surface area contributed by atoms with Gasteiger partial charge in [0.2, 0.25) is 0 Å². The minimum atomic E-state index is 0.258. The molecule has 0 amide bonds. The number of aryl methyl sites for hydroxylation is 1. The number of H-pyrrole nitrogens is 1.